The van der Waals surface area contributed by atoms with Crippen LogP contribution in [0.3, 0.4) is 0 Å². The predicted molar refractivity (Wildman–Crippen MR) is 74.0 cm³/mol. The minimum absolute atomic E-state index is 0.412. The van der Waals surface area contributed by atoms with E-state index < -0.39 is 0 Å². The van der Waals surface area contributed by atoms with E-state index in [0.29, 0.717) is 11.6 Å². The summed E-state index contributed by atoms with van der Waals surface area (Å²) in [5.74, 6) is 1.94. The van der Waals surface area contributed by atoms with Crippen LogP contribution in [0, 0.1) is 11.3 Å². The van der Waals surface area contributed by atoms with Gasteiger partial charge >= 0.3 is 0 Å². The Morgan fingerprint density at radius 1 is 1.37 bits per heavy atom. The molecule has 0 saturated carbocycles. The zero-order valence-electron chi connectivity index (χ0n) is 11.6. The molecule has 2 aromatic rings. The van der Waals surface area contributed by atoms with E-state index in [2.05, 4.69) is 37.0 Å². The van der Waals surface area contributed by atoms with Crippen LogP contribution in [0.1, 0.15) is 31.0 Å². The van der Waals surface area contributed by atoms with Gasteiger partial charge in [-0.3, -0.25) is 0 Å². The third-order valence-corrected chi connectivity index (χ3v) is 3.12. The number of hydrogen-bond donors (Lipinski definition) is 0. The molecule has 1 aromatic carbocycles. The fraction of sp³-hybridized carbons (Fsp3) is 0.333. The highest BCUT2D eigenvalue weighted by molar-refractivity contribution is 5.66. The van der Waals surface area contributed by atoms with Crippen LogP contribution in [0.25, 0.3) is 11.4 Å². The van der Waals surface area contributed by atoms with Crippen LogP contribution in [0.5, 0.6) is 5.75 Å². The van der Waals surface area contributed by atoms with Crippen molar-refractivity contribution in [2.75, 3.05) is 7.11 Å². The second-order valence-corrected chi connectivity index (χ2v) is 4.79. The average molecular weight is 255 g/mol. The highest BCUT2D eigenvalue weighted by atomic mass is 16.5. The zero-order valence-corrected chi connectivity index (χ0v) is 11.6. The lowest BCUT2D eigenvalue weighted by molar-refractivity contribution is 0.415. The van der Waals surface area contributed by atoms with Gasteiger partial charge in [-0.1, -0.05) is 19.9 Å². The summed E-state index contributed by atoms with van der Waals surface area (Å²) in [6.45, 7) is 4.29. The number of imidazole rings is 1. The van der Waals surface area contributed by atoms with Gasteiger partial charge in [0.15, 0.2) is 5.69 Å². The van der Waals surface area contributed by atoms with Crippen molar-refractivity contribution in [1.82, 2.24) is 9.55 Å². The molecule has 0 spiro atoms. The monoisotopic (exact) mass is 255 g/mol. The number of aryl methyl sites for hydroxylation is 1. The van der Waals surface area contributed by atoms with Gasteiger partial charge in [0.05, 0.1) is 12.7 Å². The maximum atomic E-state index is 8.93. The summed E-state index contributed by atoms with van der Waals surface area (Å²) in [4.78, 5) is 4.33. The molecule has 0 aliphatic rings. The molecule has 0 atom stereocenters. The van der Waals surface area contributed by atoms with Crippen molar-refractivity contribution >= 4 is 0 Å². The molecule has 0 unspecified atom stereocenters. The lowest BCUT2D eigenvalue weighted by atomic mass is 10.00. The van der Waals surface area contributed by atoms with Crippen LogP contribution in [-0.2, 0) is 7.05 Å². The van der Waals surface area contributed by atoms with Crippen molar-refractivity contribution in [3.8, 4) is 23.2 Å². The minimum Gasteiger partial charge on any atom is -0.496 e. The Morgan fingerprint density at radius 3 is 2.63 bits per heavy atom. The molecule has 19 heavy (non-hydrogen) atoms. The normalized spacial score (nSPS) is 10.5. The number of aromatic nitrogens is 2. The average Bonchev–Trinajstić information content (AvgIpc) is 2.79. The molecule has 4 nitrogen and oxygen atoms in total. The van der Waals surface area contributed by atoms with Crippen molar-refractivity contribution < 1.29 is 4.74 Å². The summed E-state index contributed by atoms with van der Waals surface area (Å²) in [5.41, 5.74) is 2.55. The molecule has 0 bridgehead atoms. The smallest absolute Gasteiger partial charge is 0.159 e. The van der Waals surface area contributed by atoms with Gasteiger partial charge in [-0.05, 0) is 23.6 Å². The van der Waals surface area contributed by atoms with Crippen LogP contribution in [0.2, 0.25) is 0 Å². The van der Waals surface area contributed by atoms with Crippen molar-refractivity contribution in [3.05, 3.63) is 35.7 Å². The molecule has 0 amide bonds. The summed E-state index contributed by atoms with van der Waals surface area (Å²) in [6, 6.07) is 8.14. The fourth-order valence-corrected chi connectivity index (χ4v) is 2.03. The highest BCUT2D eigenvalue weighted by Crippen LogP contribution is 2.32. The van der Waals surface area contributed by atoms with E-state index in [9.17, 15) is 0 Å². The topological polar surface area (TPSA) is 50.8 Å². The SMILES string of the molecule is COc1ccc(C(C)C)cc1-c1nc(C#N)cn1C. The molecule has 1 heterocycles. The van der Waals surface area contributed by atoms with Gasteiger partial charge in [-0.15, -0.1) is 0 Å². The van der Waals surface area contributed by atoms with E-state index in [-0.39, 0.29) is 0 Å². The first kappa shape index (κ1) is 13.2. The molecule has 0 aliphatic heterocycles. The van der Waals surface area contributed by atoms with Crippen molar-refractivity contribution in [2.24, 2.45) is 7.05 Å². The van der Waals surface area contributed by atoms with Gasteiger partial charge in [0.2, 0.25) is 0 Å². The van der Waals surface area contributed by atoms with Gasteiger partial charge in [-0.25, -0.2) is 4.98 Å². The molecule has 4 heteroatoms. The predicted octanol–water partition coefficient (Wildman–Crippen LogP) is 3.09. The maximum Gasteiger partial charge on any atom is 0.159 e. The molecule has 2 rings (SSSR count). The number of methoxy groups -OCH3 is 1. The summed E-state index contributed by atoms with van der Waals surface area (Å²) in [7, 11) is 3.52. The third-order valence-electron chi connectivity index (χ3n) is 3.12. The first-order chi connectivity index (χ1) is 9.06. The third kappa shape index (κ3) is 2.45. The summed E-state index contributed by atoms with van der Waals surface area (Å²) >= 11 is 0. The lowest BCUT2D eigenvalue weighted by Crippen LogP contribution is -1.97. The Kier molecular flexibility index (Phi) is 3.57. The number of hydrogen-bond acceptors (Lipinski definition) is 3. The van der Waals surface area contributed by atoms with E-state index in [0.717, 1.165) is 17.1 Å². The Hall–Kier alpha value is -2.28. The van der Waals surface area contributed by atoms with Crippen molar-refractivity contribution in [1.29, 1.82) is 5.26 Å². The molecule has 0 fully saturated rings. The molecule has 1 aromatic heterocycles. The van der Waals surface area contributed by atoms with Gasteiger partial charge in [0.25, 0.3) is 0 Å². The Morgan fingerprint density at radius 2 is 2.11 bits per heavy atom. The molecule has 0 aliphatic carbocycles. The molecule has 0 radical (unpaired) electrons. The van der Waals surface area contributed by atoms with Crippen LogP contribution in [0.4, 0.5) is 0 Å². The zero-order chi connectivity index (χ0) is 14.0. The van der Waals surface area contributed by atoms with Crippen molar-refractivity contribution in [2.45, 2.75) is 19.8 Å². The number of nitriles is 1. The largest absolute Gasteiger partial charge is 0.496 e. The number of rotatable bonds is 3. The molecule has 0 N–H and O–H groups in total. The summed E-state index contributed by atoms with van der Waals surface area (Å²) < 4.78 is 7.24. The number of nitrogens with zero attached hydrogens (tertiary/aromatic N) is 3. The summed E-state index contributed by atoms with van der Waals surface area (Å²) in [6.07, 6.45) is 1.72. The maximum absolute atomic E-state index is 8.93. The van der Waals surface area contributed by atoms with E-state index in [1.54, 1.807) is 13.3 Å². The van der Waals surface area contributed by atoms with Crippen LogP contribution < -0.4 is 4.74 Å². The van der Waals surface area contributed by atoms with Gasteiger partial charge in [0.1, 0.15) is 17.6 Å². The van der Waals surface area contributed by atoms with E-state index in [1.165, 1.54) is 5.56 Å². The molecular weight excluding hydrogens is 238 g/mol. The Bertz CT molecular complexity index is 635. The second kappa shape index (κ2) is 5.15. The van der Waals surface area contributed by atoms with Crippen molar-refractivity contribution in [3.63, 3.8) is 0 Å². The Labute approximate surface area is 113 Å². The van der Waals surface area contributed by atoms with Gasteiger partial charge < -0.3 is 9.30 Å². The first-order valence-electron chi connectivity index (χ1n) is 6.18. The van der Waals surface area contributed by atoms with Gasteiger partial charge in [0, 0.05) is 13.2 Å². The van der Waals surface area contributed by atoms with E-state index in [4.69, 9.17) is 10.00 Å². The lowest BCUT2D eigenvalue weighted by Gasteiger charge is -2.12. The summed E-state index contributed by atoms with van der Waals surface area (Å²) in [5, 5.41) is 8.93. The molecule has 0 saturated heterocycles. The first-order valence-corrected chi connectivity index (χ1v) is 6.18. The highest BCUT2D eigenvalue weighted by Gasteiger charge is 2.14. The van der Waals surface area contributed by atoms with Gasteiger partial charge in [-0.2, -0.15) is 5.26 Å². The van der Waals surface area contributed by atoms with Crippen LogP contribution >= 0.6 is 0 Å². The van der Waals surface area contributed by atoms with Crippen LogP contribution in [0.15, 0.2) is 24.4 Å². The van der Waals surface area contributed by atoms with E-state index >= 15 is 0 Å². The van der Waals surface area contributed by atoms with E-state index in [1.807, 2.05) is 17.7 Å². The fourth-order valence-electron chi connectivity index (χ4n) is 2.03. The Balaban J connectivity index is 2.61. The molecular formula is C15H17N3O. The number of ether oxygens (including phenoxy) is 1. The quantitative estimate of drug-likeness (QED) is 0.846. The number of benzene rings is 1. The standard InChI is InChI=1S/C15H17N3O/c1-10(2)11-5-6-14(19-4)13(7-11)15-17-12(8-16)9-18(15)3/h5-7,9-10H,1-4H3. The minimum atomic E-state index is 0.412. The second-order valence-electron chi connectivity index (χ2n) is 4.79. The van der Waals surface area contributed by atoms with Crippen LogP contribution in [-0.4, -0.2) is 16.7 Å². The molecule has 98 valence electrons.